The molecule has 0 radical (unpaired) electrons. The molecule has 0 atom stereocenters. The number of rotatable bonds is 4. The van der Waals surface area contributed by atoms with Gasteiger partial charge in [-0.3, -0.25) is 0 Å². The highest BCUT2D eigenvalue weighted by Gasteiger charge is 2.12. The molecule has 5 nitrogen and oxygen atoms in total. The Hall–Kier alpha value is -2.44. The normalized spacial score (nSPS) is 11.6. The van der Waals surface area contributed by atoms with E-state index in [0.717, 1.165) is 4.88 Å². The van der Waals surface area contributed by atoms with E-state index in [0.29, 0.717) is 11.4 Å². The zero-order valence-electron chi connectivity index (χ0n) is 11.0. The number of carboxylic acid groups (broad SMARTS) is 1. The highest BCUT2D eigenvalue weighted by atomic mass is 35.5. The second kappa shape index (κ2) is 6.13. The summed E-state index contributed by atoms with van der Waals surface area (Å²) in [5.41, 5.74) is 0.817. The van der Waals surface area contributed by atoms with Gasteiger partial charge in [-0.25, -0.2) is 0 Å². The molecule has 0 spiro atoms. The van der Waals surface area contributed by atoms with E-state index < -0.39 is 5.97 Å². The van der Waals surface area contributed by atoms with Gasteiger partial charge in [-0.15, -0.1) is 11.3 Å². The Bertz CT molecular complexity index is 823. The third-order valence-electron chi connectivity index (χ3n) is 2.81. The number of hydrogen-bond acceptors (Lipinski definition) is 6. The molecule has 0 aliphatic carbocycles. The van der Waals surface area contributed by atoms with E-state index >= 15 is 0 Å². The quantitative estimate of drug-likeness (QED) is 0.734. The SMILES string of the molecule is O=C([O-])c1ccc(/C=C(\Cl)c2nc(-c3cccs3)no2)cc1. The molecule has 0 saturated carbocycles. The number of halogens is 1. The Kier molecular flexibility index (Phi) is 4.04. The van der Waals surface area contributed by atoms with E-state index in [1.807, 2.05) is 17.5 Å². The second-order valence-electron chi connectivity index (χ2n) is 4.30. The number of benzene rings is 1. The van der Waals surface area contributed by atoms with Crippen molar-refractivity contribution in [2.45, 2.75) is 0 Å². The fourth-order valence-corrected chi connectivity index (χ4v) is 2.60. The van der Waals surface area contributed by atoms with Gasteiger partial charge < -0.3 is 14.4 Å². The van der Waals surface area contributed by atoms with Gasteiger partial charge in [0.1, 0.15) is 5.03 Å². The number of nitrogens with zero attached hydrogens (tertiary/aromatic N) is 2. The zero-order valence-corrected chi connectivity index (χ0v) is 12.6. The van der Waals surface area contributed by atoms with Gasteiger partial charge in [0.05, 0.1) is 10.8 Å². The van der Waals surface area contributed by atoms with Gasteiger partial charge in [0, 0.05) is 0 Å². The molecule has 1 aromatic carbocycles. The Morgan fingerprint density at radius 3 is 2.68 bits per heavy atom. The van der Waals surface area contributed by atoms with E-state index in [1.165, 1.54) is 23.5 Å². The number of carboxylic acids is 1. The van der Waals surface area contributed by atoms with Crippen LogP contribution in [-0.2, 0) is 0 Å². The first kappa shape index (κ1) is 14.5. The van der Waals surface area contributed by atoms with E-state index in [4.69, 9.17) is 16.1 Å². The highest BCUT2D eigenvalue weighted by molar-refractivity contribution is 7.13. The lowest BCUT2D eigenvalue weighted by Crippen LogP contribution is -2.21. The maximum atomic E-state index is 10.7. The first-order valence-electron chi connectivity index (χ1n) is 6.20. The van der Waals surface area contributed by atoms with E-state index in [1.54, 1.807) is 18.2 Å². The lowest BCUT2D eigenvalue weighted by Gasteiger charge is -2.01. The van der Waals surface area contributed by atoms with Crippen LogP contribution in [0.3, 0.4) is 0 Å². The van der Waals surface area contributed by atoms with Crippen molar-refractivity contribution in [1.82, 2.24) is 10.1 Å². The number of aromatic nitrogens is 2. The molecule has 0 amide bonds. The molecule has 0 unspecified atom stereocenters. The van der Waals surface area contributed by atoms with Gasteiger partial charge >= 0.3 is 0 Å². The molecule has 0 aliphatic heterocycles. The minimum Gasteiger partial charge on any atom is -0.545 e. The molecule has 7 heteroatoms. The molecule has 22 heavy (non-hydrogen) atoms. The first-order valence-corrected chi connectivity index (χ1v) is 7.46. The van der Waals surface area contributed by atoms with Crippen LogP contribution in [0, 0.1) is 0 Å². The fourth-order valence-electron chi connectivity index (χ4n) is 1.75. The van der Waals surface area contributed by atoms with Crippen LogP contribution in [0.4, 0.5) is 0 Å². The standard InChI is InChI=1S/C15H9ClN2O3S/c16-11(8-9-3-5-10(6-4-9)15(19)20)14-17-13(18-21-14)12-2-1-7-22-12/h1-8H,(H,19,20)/p-1/b11-8-. The van der Waals surface area contributed by atoms with Gasteiger partial charge in [-0.2, -0.15) is 4.98 Å². The Balaban J connectivity index is 1.84. The summed E-state index contributed by atoms with van der Waals surface area (Å²) in [6.45, 7) is 0. The van der Waals surface area contributed by atoms with Gasteiger partial charge in [0.15, 0.2) is 0 Å². The van der Waals surface area contributed by atoms with E-state index in [9.17, 15) is 9.90 Å². The maximum absolute atomic E-state index is 10.7. The van der Waals surface area contributed by atoms with Crippen molar-refractivity contribution in [3.8, 4) is 10.7 Å². The van der Waals surface area contributed by atoms with Gasteiger partial charge in [0.2, 0.25) is 5.82 Å². The minimum atomic E-state index is -1.22. The molecule has 0 fully saturated rings. The molecule has 0 bridgehead atoms. The average Bonchev–Trinajstić information content (AvgIpc) is 3.19. The van der Waals surface area contributed by atoms with Crippen molar-refractivity contribution in [3.63, 3.8) is 0 Å². The zero-order chi connectivity index (χ0) is 15.5. The molecular weight excluding hydrogens is 324 g/mol. The highest BCUT2D eigenvalue weighted by Crippen LogP contribution is 2.26. The number of carbonyl (C=O) groups excluding carboxylic acids is 1. The van der Waals surface area contributed by atoms with Gasteiger partial charge in [-0.05, 0) is 28.6 Å². The molecule has 3 rings (SSSR count). The van der Waals surface area contributed by atoms with Crippen LogP contribution in [-0.4, -0.2) is 16.1 Å². The summed E-state index contributed by atoms with van der Waals surface area (Å²) in [4.78, 5) is 15.8. The van der Waals surface area contributed by atoms with Crippen LogP contribution in [0.25, 0.3) is 21.8 Å². The molecule has 2 heterocycles. The van der Waals surface area contributed by atoms with Crippen molar-refractivity contribution in [1.29, 1.82) is 0 Å². The van der Waals surface area contributed by atoms with Crippen LogP contribution in [0.5, 0.6) is 0 Å². The summed E-state index contributed by atoms with van der Waals surface area (Å²) in [7, 11) is 0. The molecular formula is C15H8ClN2O3S-. The lowest BCUT2D eigenvalue weighted by molar-refractivity contribution is -0.255. The summed E-state index contributed by atoms with van der Waals surface area (Å²) in [6, 6.07) is 9.89. The van der Waals surface area contributed by atoms with Crippen LogP contribution in [0.15, 0.2) is 46.3 Å². The third-order valence-corrected chi connectivity index (χ3v) is 3.95. The van der Waals surface area contributed by atoms with Crippen molar-refractivity contribution < 1.29 is 14.4 Å². The summed E-state index contributed by atoms with van der Waals surface area (Å²) in [5.74, 6) is -0.544. The maximum Gasteiger partial charge on any atom is 0.269 e. The van der Waals surface area contributed by atoms with Crippen molar-refractivity contribution >= 4 is 40.0 Å². The molecule has 0 aliphatic rings. The minimum absolute atomic E-state index is 0.103. The third kappa shape index (κ3) is 3.08. The predicted octanol–water partition coefficient (Wildman–Crippen LogP) is 2.90. The molecule has 110 valence electrons. The summed E-state index contributed by atoms with van der Waals surface area (Å²) in [6.07, 6.45) is 1.62. The largest absolute Gasteiger partial charge is 0.545 e. The van der Waals surface area contributed by atoms with Gasteiger partial charge in [0.25, 0.3) is 5.89 Å². The van der Waals surface area contributed by atoms with Crippen LogP contribution >= 0.6 is 22.9 Å². The van der Waals surface area contributed by atoms with Crippen LogP contribution < -0.4 is 5.11 Å². The van der Waals surface area contributed by atoms with Gasteiger partial charge in [-0.1, -0.05) is 47.1 Å². The van der Waals surface area contributed by atoms with Crippen molar-refractivity contribution in [2.75, 3.05) is 0 Å². The van der Waals surface area contributed by atoms with Crippen molar-refractivity contribution in [2.24, 2.45) is 0 Å². The van der Waals surface area contributed by atoms with E-state index in [2.05, 4.69) is 10.1 Å². The monoisotopic (exact) mass is 331 g/mol. The lowest BCUT2D eigenvalue weighted by atomic mass is 10.1. The number of aromatic carboxylic acids is 1. The number of hydrogen-bond donors (Lipinski definition) is 0. The molecule has 0 saturated heterocycles. The first-order chi connectivity index (χ1) is 10.6. The second-order valence-corrected chi connectivity index (χ2v) is 5.66. The molecule has 2 aromatic heterocycles. The van der Waals surface area contributed by atoms with E-state index in [-0.39, 0.29) is 16.5 Å². The topological polar surface area (TPSA) is 79.0 Å². The van der Waals surface area contributed by atoms with Crippen LogP contribution in [0.2, 0.25) is 0 Å². The Morgan fingerprint density at radius 1 is 1.27 bits per heavy atom. The van der Waals surface area contributed by atoms with Crippen molar-refractivity contribution in [3.05, 3.63) is 58.8 Å². The average molecular weight is 332 g/mol. The predicted molar refractivity (Wildman–Crippen MR) is 82.1 cm³/mol. The molecule has 3 aromatic rings. The Labute approximate surface area is 134 Å². The number of thiophene rings is 1. The summed E-state index contributed by atoms with van der Waals surface area (Å²) in [5, 5.41) is 16.8. The number of carbonyl (C=O) groups is 1. The smallest absolute Gasteiger partial charge is 0.269 e. The molecule has 0 N–H and O–H groups in total. The Morgan fingerprint density at radius 2 is 2.05 bits per heavy atom. The fraction of sp³-hybridized carbons (Fsp3) is 0. The van der Waals surface area contributed by atoms with Crippen LogP contribution in [0.1, 0.15) is 21.8 Å². The summed E-state index contributed by atoms with van der Waals surface area (Å²) < 4.78 is 5.13. The summed E-state index contributed by atoms with van der Waals surface area (Å²) >= 11 is 7.66.